The number of aromatic nitrogens is 4. The molecule has 145 valence electrons. The van der Waals surface area contributed by atoms with Crippen LogP contribution < -0.4 is 4.74 Å². The Morgan fingerprint density at radius 2 is 1.87 bits per heavy atom. The van der Waals surface area contributed by atoms with Crippen molar-refractivity contribution in [3.8, 4) is 23.6 Å². The summed E-state index contributed by atoms with van der Waals surface area (Å²) in [5.41, 5.74) is 1.77. The Morgan fingerprint density at radius 3 is 2.57 bits per heavy atom. The summed E-state index contributed by atoms with van der Waals surface area (Å²) in [6.07, 6.45) is 1.67. The van der Waals surface area contributed by atoms with Crippen molar-refractivity contribution in [3.63, 3.8) is 0 Å². The van der Waals surface area contributed by atoms with Crippen molar-refractivity contribution < 1.29 is 9.13 Å². The first-order valence-electron chi connectivity index (χ1n) is 8.60. The van der Waals surface area contributed by atoms with E-state index in [9.17, 15) is 0 Å². The van der Waals surface area contributed by atoms with Crippen molar-refractivity contribution in [2.24, 2.45) is 0 Å². The van der Waals surface area contributed by atoms with Crippen LogP contribution in [-0.2, 0) is 6.42 Å². The molecule has 4 aromatic rings. The maximum atomic E-state index is 15.3. The Kier molecular flexibility index (Phi) is 5.01. The number of halogens is 2. The molecule has 0 aliphatic heterocycles. The normalized spacial score (nSPS) is 10.6. The van der Waals surface area contributed by atoms with Crippen LogP contribution in [0.15, 0.2) is 42.6 Å². The highest BCUT2D eigenvalue weighted by atomic mass is 35.5. The molecule has 0 aliphatic carbocycles. The Bertz CT molecular complexity index is 1340. The van der Waals surface area contributed by atoms with E-state index < -0.39 is 5.82 Å². The lowest BCUT2D eigenvalue weighted by atomic mass is 10.1. The van der Waals surface area contributed by atoms with Crippen LogP contribution in [0.25, 0.3) is 11.0 Å². The van der Waals surface area contributed by atoms with E-state index in [0.29, 0.717) is 22.3 Å². The number of fused-ring (bicyclic) bond motifs is 1. The SMILES string of the molecule is [CH2]n1nc(Cc2ccc(Cl)c(Oc3cc(C#N)cc(C#N)c3)c2F)c2ccnnc21. The molecule has 0 fully saturated rings. The Balaban J connectivity index is 1.73. The molecule has 30 heavy (non-hydrogen) atoms. The summed E-state index contributed by atoms with van der Waals surface area (Å²) in [5.74, 6) is -0.741. The summed E-state index contributed by atoms with van der Waals surface area (Å²) >= 11 is 6.16. The number of hydrogen-bond donors (Lipinski definition) is 0. The fourth-order valence-electron chi connectivity index (χ4n) is 3.01. The summed E-state index contributed by atoms with van der Waals surface area (Å²) in [4.78, 5) is 0. The van der Waals surface area contributed by atoms with E-state index in [-0.39, 0.29) is 34.1 Å². The number of benzene rings is 2. The highest BCUT2D eigenvalue weighted by Crippen LogP contribution is 2.35. The maximum absolute atomic E-state index is 15.3. The standard InChI is InChI=1S/C21H11ClFN6O/c1-29-21-16(4-5-26-27-21)18(28-29)9-14-2-3-17(22)20(19(14)23)30-15-7-12(10-24)6-13(8-15)11-25/h2-8H,1,9H2. The quantitative estimate of drug-likeness (QED) is 0.488. The molecular formula is C21H11ClFN6O. The minimum Gasteiger partial charge on any atom is -0.453 e. The number of hydrogen-bond acceptors (Lipinski definition) is 6. The lowest BCUT2D eigenvalue weighted by Crippen LogP contribution is -1.99. The van der Waals surface area contributed by atoms with Crippen molar-refractivity contribution in [1.29, 1.82) is 10.5 Å². The fourth-order valence-corrected chi connectivity index (χ4v) is 3.19. The second-order valence-electron chi connectivity index (χ2n) is 6.31. The van der Waals surface area contributed by atoms with Gasteiger partial charge in [-0.2, -0.15) is 20.7 Å². The van der Waals surface area contributed by atoms with Crippen LogP contribution in [0.2, 0.25) is 5.02 Å². The summed E-state index contributed by atoms with van der Waals surface area (Å²) < 4.78 is 22.2. The van der Waals surface area contributed by atoms with Gasteiger partial charge in [-0.25, -0.2) is 9.07 Å². The van der Waals surface area contributed by atoms with E-state index >= 15 is 4.39 Å². The van der Waals surface area contributed by atoms with Gasteiger partial charge in [-0.15, -0.1) is 5.10 Å². The summed E-state index contributed by atoms with van der Waals surface area (Å²) in [6, 6.07) is 12.9. The van der Waals surface area contributed by atoms with Crippen LogP contribution in [0.4, 0.5) is 4.39 Å². The molecule has 0 amide bonds. The fraction of sp³-hybridized carbons (Fsp3) is 0.0476. The zero-order chi connectivity index (χ0) is 21.3. The van der Waals surface area contributed by atoms with Gasteiger partial charge in [-0.3, -0.25) is 0 Å². The van der Waals surface area contributed by atoms with Crippen LogP contribution >= 0.6 is 11.6 Å². The van der Waals surface area contributed by atoms with Gasteiger partial charge in [0.15, 0.2) is 17.2 Å². The Morgan fingerprint density at radius 1 is 1.13 bits per heavy atom. The molecule has 9 heteroatoms. The molecule has 1 radical (unpaired) electrons. The molecule has 0 bridgehead atoms. The van der Waals surface area contributed by atoms with Crippen molar-refractivity contribution in [3.05, 3.63) is 82.9 Å². The van der Waals surface area contributed by atoms with Gasteiger partial charge in [0.05, 0.1) is 47.2 Å². The topological polar surface area (TPSA) is 100 Å². The summed E-state index contributed by atoms with van der Waals surface area (Å²) in [7, 11) is 3.76. The second kappa shape index (κ2) is 7.78. The largest absolute Gasteiger partial charge is 0.453 e. The Labute approximate surface area is 175 Å². The van der Waals surface area contributed by atoms with Gasteiger partial charge in [0, 0.05) is 11.8 Å². The molecular weight excluding hydrogens is 407 g/mol. The molecule has 0 spiro atoms. The monoisotopic (exact) mass is 417 g/mol. The third kappa shape index (κ3) is 3.52. The van der Waals surface area contributed by atoms with E-state index in [1.165, 1.54) is 35.1 Å². The predicted molar refractivity (Wildman–Crippen MR) is 106 cm³/mol. The first kappa shape index (κ1) is 19.3. The lowest BCUT2D eigenvalue weighted by molar-refractivity contribution is 0.439. The number of rotatable bonds is 4. The second-order valence-corrected chi connectivity index (χ2v) is 6.72. The molecule has 4 rings (SSSR count). The van der Waals surface area contributed by atoms with Gasteiger partial charge in [-0.05, 0) is 35.9 Å². The smallest absolute Gasteiger partial charge is 0.181 e. The average molecular weight is 418 g/mol. The third-order valence-electron chi connectivity index (χ3n) is 4.37. The number of nitriles is 2. The molecule has 0 unspecified atom stereocenters. The van der Waals surface area contributed by atoms with Gasteiger partial charge < -0.3 is 4.74 Å². The van der Waals surface area contributed by atoms with Crippen molar-refractivity contribution in [2.75, 3.05) is 0 Å². The summed E-state index contributed by atoms with van der Waals surface area (Å²) in [5, 5.41) is 31.1. The minimum atomic E-state index is -0.669. The van der Waals surface area contributed by atoms with Crippen LogP contribution in [-0.4, -0.2) is 20.0 Å². The number of nitrogens with zero attached hydrogens (tertiary/aromatic N) is 6. The van der Waals surface area contributed by atoms with E-state index in [1.54, 1.807) is 12.1 Å². The minimum absolute atomic E-state index is 0.0514. The average Bonchev–Trinajstić information content (AvgIpc) is 3.08. The maximum Gasteiger partial charge on any atom is 0.181 e. The molecule has 2 aromatic heterocycles. The van der Waals surface area contributed by atoms with Gasteiger partial charge in [0.1, 0.15) is 5.75 Å². The van der Waals surface area contributed by atoms with Gasteiger partial charge in [-0.1, -0.05) is 17.7 Å². The highest BCUT2D eigenvalue weighted by molar-refractivity contribution is 6.32. The van der Waals surface area contributed by atoms with Crippen LogP contribution in [0.3, 0.4) is 0 Å². The molecule has 2 aromatic carbocycles. The van der Waals surface area contributed by atoms with Crippen molar-refractivity contribution >= 4 is 22.6 Å². The molecule has 0 N–H and O–H groups in total. The molecule has 7 nitrogen and oxygen atoms in total. The third-order valence-corrected chi connectivity index (χ3v) is 4.67. The van der Waals surface area contributed by atoms with Crippen molar-refractivity contribution in [1.82, 2.24) is 20.0 Å². The van der Waals surface area contributed by atoms with Crippen LogP contribution in [0, 0.1) is 35.5 Å². The molecule has 0 atom stereocenters. The zero-order valence-electron chi connectivity index (χ0n) is 15.3. The molecule has 2 heterocycles. The van der Waals surface area contributed by atoms with Crippen LogP contribution in [0.5, 0.6) is 11.5 Å². The van der Waals surface area contributed by atoms with Crippen LogP contribution in [0.1, 0.15) is 22.4 Å². The van der Waals surface area contributed by atoms with E-state index in [0.717, 1.165) is 0 Å². The van der Waals surface area contributed by atoms with Gasteiger partial charge in [0.2, 0.25) is 0 Å². The number of ether oxygens (including phenoxy) is 1. The first-order valence-corrected chi connectivity index (χ1v) is 8.98. The molecule has 0 aliphatic rings. The lowest BCUT2D eigenvalue weighted by Gasteiger charge is -2.12. The molecule has 0 saturated carbocycles. The van der Waals surface area contributed by atoms with E-state index in [1.807, 2.05) is 12.1 Å². The Hall–Kier alpha value is -4.01. The van der Waals surface area contributed by atoms with Gasteiger partial charge in [0.25, 0.3) is 0 Å². The summed E-state index contributed by atoms with van der Waals surface area (Å²) in [6.45, 7) is 0. The van der Waals surface area contributed by atoms with Gasteiger partial charge >= 0.3 is 0 Å². The van der Waals surface area contributed by atoms with E-state index in [4.69, 9.17) is 26.9 Å². The zero-order valence-corrected chi connectivity index (χ0v) is 16.1. The first-order chi connectivity index (χ1) is 14.5. The van der Waals surface area contributed by atoms with Crippen molar-refractivity contribution in [2.45, 2.75) is 6.42 Å². The van der Waals surface area contributed by atoms with E-state index in [2.05, 4.69) is 22.3 Å². The molecule has 0 saturated heterocycles. The predicted octanol–water partition coefficient (Wildman–Crippen LogP) is 4.38. The highest BCUT2D eigenvalue weighted by Gasteiger charge is 2.18.